The molecule has 1 aliphatic heterocycles. The third-order valence-electron chi connectivity index (χ3n) is 5.20. The minimum absolute atomic E-state index is 0.00944. The molecule has 1 heterocycles. The molecule has 1 fully saturated rings. The number of carbonyl (C=O) groups is 2. The van der Waals surface area contributed by atoms with E-state index in [9.17, 15) is 30.0 Å². The summed E-state index contributed by atoms with van der Waals surface area (Å²) in [4.78, 5) is 25.0. The largest absolute Gasteiger partial charge is 0.508 e. The zero-order chi connectivity index (χ0) is 23.3. The lowest BCUT2D eigenvalue weighted by Crippen LogP contribution is -2.35. The minimum Gasteiger partial charge on any atom is -0.508 e. The van der Waals surface area contributed by atoms with E-state index in [0.717, 1.165) is 5.57 Å². The summed E-state index contributed by atoms with van der Waals surface area (Å²) in [6.45, 7) is 7.04. The monoisotopic (exact) mass is 427 g/mol. The van der Waals surface area contributed by atoms with Gasteiger partial charge in [0.2, 0.25) is 0 Å². The van der Waals surface area contributed by atoms with Gasteiger partial charge in [0, 0.05) is 5.92 Å². The molecule has 0 aliphatic carbocycles. The molecule has 0 unspecified atom stereocenters. The predicted molar refractivity (Wildman–Crippen MR) is 117 cm³/mol. The Morgan fingerprint density at radius 3 is 2.29 bits per heavy atom. The lowest BCUT2D eigenvalue weighted by Gasteiger charge is -2.16. The third kappa shape index (κ3) is 5.93. The minimum atomic E-state index is -1.32. The summed E-state index contributed by atoms with van der Waals surface area (Å²) >= 11 is 0. The van der Waals surface area contributed by atoms with Crippen LogP contribution < -0.4 is 5.32 Å². The normalized spacial score (nSPS) is 22.5. The molecule has 1 aromatic rings. The standard InChI is InChI=1S/C24H29NO6/c1-13(12-15(3)16(4)26)6-5-7-14(2)21(28)19-23(30)20(25-24(19)31)22(29)17-8-10-18(27)11-9-17/h5-12,15-16,20,22,26-29H,1-4H3,(H,25,31)/b6-5+,13-12+,14-7+,21-19-/t15-,16+,20+,22-/m0/s1. The van der Waals surface area contributed by atoms with Gasteiger partial charge in [0.05, 0.1) is 6.10 Å². The van der Waals surface area contributed by atoms with E-state index < -0.39 is 41.3 Å². The Morgan fingerprint density at radius 2 is 1.71 bits per heavy atom. The van der Waals surface area contributed by atoms with Crippen LogP contribution in [0.15, 0.2) is 71.0 Å². The number of rotatable bonds is 7. The molecule has 0 saturated carbocycles. The van der Waals surface area contributed by atoms with E-state index in [4.69, 9.17) is 0 Å². The van der Waals surface area contributed by atoms with Crippen LogP contribution in [0.25, 0.3) is 0 Å². The van der Waals surface area contributed by atoms with Crippen molar-refractivity contribution in [2.45, 2.75) is 45.9 Å². The lowest BCUT2D eigenvalue weighted by atomic mass is 9.97. The molecule has 5 N–H and O–H groups in total. The van der Waals surface area contributed by atoms with Crippen molar-refractivity contribution in [3.8, 4) is 5.75 Å². The van der Waals surface area contributed by atoms with Crippen LogP contribution in [0.2, 0.25) is 0 Å². The molecule has 1 aromatic carbocycles. The fourth-order valence-electron chi connectivity index (χ4n) is 3.09. The van der Waals surface area contributed by atoms with Gasteiger partial charge in [-0.15, -0.1) is 0 Å². The molecule has 4 atom stereocenters. The average molecular weight is 427 g/mol. The first kappa shape index (κ1) is 24.1. The Morgan fingerprint density at radius 1 is 1.10 bits per heavy atom. The maximum atomic E-state index is 12.7. The van der Waals surface area contributed by atoms with Crippen molar-refractivity contribution in [3.05, 3.63) is 76.6 Å². The Kier molecular flexibility index (Phi) is 7.96. The fourth-order valence-corrected chi connectivity index (χ4v) is 3.09. The van der Waals surface area contributed by atoms with Crippen LogP contribution in [-0.4, -0.2) is 44.3 Å². The molecular formula is C24H29NO6. The van der Waals surface area contributed by atoms with Crippen LogP contribution in [0, 0.1) is 5.92 Å². The molecule has 0 aromatic heterocycles. The van der Waals surface area contributed by atoms with E-state index in [0.29, 0.717) is 11.1 Å². The van der Waals surface area contributed by atoms with Crippen LogP contribution in [0.3, 0.4) is 0 Å². The second-order valence-corrected chi connectivity index (χ2v) is 7.79. The maximum Gasteiger partial charge on any atom is 0.259 e. The Balaban J connectivity index is 2.21. The maximum absolute atomic E-state index is 12.7. The smallest absolute Gasteiger partial charge is 0.259 e. The number of phenolic OH excluding ortho intramolecular Hbond substituents is 1. The first-order valence-corrected chi connectivity index (χ1v) is 10.00. The molecular weight excluding hydrogens is 398 g/mol. The summed E-state index contributed by atoms with van der Waals surface area (Å²) in [7, 11) is 0. The highest BCUT2D eigenvalue weighted by atomic mass is 16.3. The molecule has 1 amide bonds. The zero-order valence-corrected chi connectivity index (χ0v) is 18.0. The molecule has 7 heteroatoms. The summed E-state index contributed by atoms with van der Waals surface area (Å²) in [6.07, 6.45) is 5.14. The third-order valence-corrected chi connectivity index (χ3v) is 5.20. The van der Waals surface area contributed by atoms with Gasteiger partial charge in [-0.25, -0.2) is 0 Å². The summed E-state index contributed by atoms with van der Waals surface area (Å²) in [6, 6.07) is 4.40. The Labute approximate surface area is 181 Å². The van der Waals surface area contributed by atoms with E-state index in [1.165, 1.54) is 24.3 Å². The zero-order valence-electron chi connectivity index (χ0n) is 18.0. The van der Waals surface area contributed by atoms with E-state index in [1.54, 1.807) is 32.1 Å². The number of aliphatic hydroxyl groups is 3. The molecule has 1 saturated heterocycles. The topological polar surface area (TPSA) is 127 Å². The molecule has 0 spiro atoms. The van der Waals surface area contributed by atoms with Crippen molar-refractivity contribution < 1.29 is 30.0 Å². The van der Waals surface area contributed by atoms with Gasteiger partial charge in [-0.1, -0.05) is 48.9 Å². The van der Waals surface area contributed by atoms with Crippen LogP contribution in [0.5, 0.6) is 5.75 Å². The number of hydrogen-bond acceptors (Lipinski definition) is 6. The van der Waals surface area contributed by atoms with Gasteiger partial charge in [-0.2, -0.15) is 0 Å². The van der Waals surface area contributed by atoms with Crippen molar-refractivity contribution in [2.24, 2.45) is 5.92 Å². The molecule has 0 bridgehead atoms. The van der Waals surface area contributed by atoms with Crippen LogP contribution >= 0.6 is 0 Å². The Bertz CT molecular complexity index is 953. The molecule has 166 valence electrons. The summed E-state index contributed by atoms with van der Waals surface area (Å²) in [5.41, 5.74) is 1.17. The number of carbonyl (C=O) groups excluding carboxylic acids is 2. The van der Waals surface area contributed by atoms with Crippen molar-refractivity contribution in [3.63, 3.8) is 0 Å². The second kappa shape index (κ2) is 10.2. The van der Waals surface area contributed by atoms with Gasteiger partial charge >= 0.3 is 0 Å². The molecule has 31 heavy (non-hydrogen) atoms. The molecule has 1 aliphatic rings. The van der Waals surface area contributed by atoms with Crippen LogP contribution in [0.1, 0.15) is 39.4 Å². The fraction of sp³-hybridized carbons (Fsp3) is 0.333. The van der Waals surface area contributed by atoms with Crippen molar-refractivity contribution in [2.75, 3.05) is 0 Å². The summed E-state index contributed by atoms with van der Waals surface area (Å²) < 4.78 is 0. The second-order valence-electron chi connectivity index (χ2n) is 7.79. The van der Waals surface area contributed by atoms with Crippen LogP contribution in [0.4, 0.5) is 0 Å². The number of hydrogen-bond donors (Lipinski definition) is 5. The van der Waals surface area contributed by atoms with Gasteiger partial charge in [-0.05, 0) is 44.0 Å². The lowest BCUT2D eigenvalue weighted by molar-refractivity contribution is -0.118. The highest BCUT2D eigenvalue weighted by Gasteiger charge is 2.42. The number of allylic oxidation sites excluding steroid dienone is 5. The number of Topliss-reactive ketones (excluding diaryl/α,β-unsaturated/α-hetero) is 1. The molecule has 2 rings (SSSR count). The molecule has 7 nitrogen and oxygen atoms in total. The number of aliphatic hydroxyl groups excluding tert-OH is 3. The summed E-state index contributed by atoms with van der Waals surface area (Å²) in [5, 5.41) is 42.3. The number of benzene rings is 1. The van der Waals surface area contributed by atoms with Crippen molar-refractivity contribution in [1.82, 2.24) is 5.32 Å². The van der Waals surface area contributed by atoms with Crippen molar-refractivity contribution >= 4 is 11.7 Å². The summed E-state index contributed by atoms with van der Waals surface area (Å²) in [5.74, 6) is -1.92. The molecule has 0 radical (unpaired) electrons. The van der Waals surface area contributed by atoms with Gasteiger partial charge in [0.1, 0.15) is 29.2 Å². The Hall–Kier alpha value is -3.16. The van der Waals surface area contributed by atoms with Gasteiger partial charge in [0.15, 0.2) is 5.78 Å². The predicted octanol–water partition coefficient (Wildman–Crippen LogP) is 2.77. The quantitative estimate of drug-likeness (QED) is 0.197. The van der Waals surface area contributed by atoms with E-state index in [1.807, 2.05) is 19.9 Å². The number of aromatic hydroxyl groups is 1. The van der Waals surface area contributed by atoms with Crippen molar-refractivity contribution in [1.29, 1.82) is 0 Å². The van der Waals surface area contributed by atoms with E-state index >= 15 is 0 Å². The van der Waals surface area contributed by atoms with Crippen LogP contribution in [-0.2, 0) is 9.59 Å². The van der Waals surface area contributed by atoms with E-state index in [2.05, 4.69) is 5.32 Å². The van der Waals surface area contributed by atoms with Gasteiger partial charge in [0.25, 0.3) is 5.91 Å². The average Bonchev–Trinajstić information content (AvgIpc) is 3.01. The highest BCUT2D eigenvalue weighted by Crippen LogP contribution is 2.27. The first-order valence-electron chi connectivity index (χ1n) is 10.00. The number of amides is 1. The first-order chi connectivity index (χ1) is 14.5. The SMILES string of the molecule is CC(/C=C/C=C(C)/C(O)=C1/C(=O)N[C@H]([C@@H](O)c2ccc(O)cc2)C1=O)=C\[C@H](C)[C@@H](C)O. The van der Waals surface area contributed by atoms with E-state index in [-0.39, 0.29) is 11.7 Å². The number of phenols is 1. The number of ketones is 1. The number of nitrogens with one attached hydrogen (secondary N) is 1. The highest BCUT2D eigenvalue weighted by molar-refractivity contribution is 6.27. The van der Waals surface area contributed by atoms with Gasteiger partial charge in [-0.3, -0.25) is 9.59 Å². The van der Waals surface area contributed by atoms with Gasteiger partial charge < -0.3 is 25.7 Å².